The Morgan fingerprint density at radius 1 is 1.22 bits per heavy atom. The number of benzene rings is 1. The molecule has 2 heterocycles. The fraction of sp³-hybridized carbons (Fsp3) is 0.400. The smallest absolute Gasteiger partial charge is 0.251 e. The summed E-state index contributed by atoms with van der Waals surface area (Å²) >= 11 is 0. The molecule has 1 aromatic carbocycles. The molecule has 94 valence electrons. The number of hydrogen-bond donors (Lipinski definition) is 2. The van der Waals surface area contributed by atoms with Crippen LogP contribution in [0.3, 0.4) is 0 Å². The van der Waals surface area contributed by atoms with Gasteiger partial charge in [-0.15, -0.1) is 0 Å². The SMILES string of the molecule is CC(C)c1cc2cc3c(cc2[nH]c1=O)NCCC3. The maximum absolute atomic E-state index is 12.0. The van der Waals surface area contributed by atoms with Crippen molar-refractivity contribution in [3.63, 3.8) is 0 Å². The highest BCUT2D eigenvalue weighted by Crippen LogP contribution is 2.27. The van der Waals surface area contributed by atoms with E-state index in [-0.39, 0.29) is 11.5 Å². The van der Waals surface area contributed by atoms with Gasteiger partial charge in [0.25, 0.3) is 5.56 Å². The van der Waals surface area contributed by atoms with Crippen LogP contribution in [-0.4, -0.2) is 11.5 Å². The fourth-order valence-corrected chi connectivity index (χ4v) is 2.62. The molecule has 0 atom stereocenters. The van der Waals surface area contributed by atoms with Crippen LogP contribution in [0.4, 0.5) is 5.69 Å². The molecule has 0 saturated heterocycles. The quantitative estimate of drug-likeness (QED) is 0.807. The van der Waals surface area contributed by atoms with Crippen LogP contribution >= 0.6 is 0 Å². The molecular weight excluding hydrogens is 224 g/mol. The third-order valence-electron chi connectivity index (χ3n) is 3.66. The van der Waals surface area contributed by atoms with Crippen molar-refractivity contribution in [2.24, 2.45) is 0 Å². The molecule has 0 unspecified atom stereocenters. The van der Waals surface area contributed by atoms with E-state index < -0.39 is 0 Å². The van der Waals surface area contributed by atoms with Crippen LogP contribution in [0.2, 0.25) is 0 Å². The summed E-state index contributed by atoms with van der Waals surface area (Å²) in [6, 6.07) is 6.31. The van der Waals surface area contributed by atoms with Gasteiger partial charge in [0.2, 0.25) is 0 Å². The first-order valence-electron chi connectivity index (χ1n) is 6.59. The van der Waals surface area contributed by atoms with Crippen molar-refractivity contribution in [2.75, 3.05) is 11.9 Å². The van der Waals surface area contributed by atoms with Crippen molar-refractivity contribution < 1.29 is 0 Å². The van der Waals surface area contributed by atoms with Gasteiger partial charge >= 0.3 is 0 Å². The van der Waals surface area contributed by atoms with Crippen molar-refractivity contribution in [1.29, 1.82) is 0 Å². The summed E-state index contributed by atoms with van der Waals surface area (Å²) in [5.74, 6) is 0.257. The molecule has 1 aromatic heterocycles. The lowest BCUT2D eigenvalue weighted by Crippen LogP contribution is -2.15. The first-order chi connectivity index (χ1) is 8.65. The van der Waals surface area contributed by atoms with E-state index in [1.54, 1.807) is 0 Å². The van der Waals surface area contributed by atoms with Gasteiger partial charge in [-0.2, -0.15) is 0 Å². The molecule has 0 saturated carbocycles. The maximum atomic E-state index is 12.0. The Morgan fingerprint density at radius 3 is 2.83 bits per heavy atom. The molecule has 18 heavy (non-hydrogen) atoms. The molecule has 0 aliphatic carbocycles. The van der Waals surface area contributed by atoms with Crippen LogP contribution in [-0.2, 0) is 6.42 Å². The highest BCUT2D eigenvalue weighted by atomic mass is 16.1. The van der Waals surface area contributed by atoms with Gasteiger partial charge in [0.05, 0.1) is 5.52 Å². The number of aromatic nitrogens is 1. The van der Waals surface area contributed by atoms with E-state index in [9.17, 15) is 4.79 Å². The van der Waals surface area contributed by atoms with Crippen LogP contribution < -0.4 is 10.9 Å². The Labute approximate surface area is 106 Å². The monoisotopic (exact) mass is 242 g/mol. The Bertz CT molecular complexity index is 655. The largest absolute Gasteiger partial charge is 0.385 e. The lowest BCUT2D eigenvalue weighted by molar-refractivity contribution is 0.830. The number of aryl methyl sites for hydroxylation is 1. The Kier molecular flexibility index (Phi) is 2.62. The van der Waals surface area contributed by atoms with Gasteiger partial charge in [-0.25, -0.2) is 0 Å². The minimum absolute atomic E-state index is 0.0354. The maximum Gasteiger partial charge on any atom is 0.251 e. The number of H-pyrrole nitrogens is 1. The normalized spacial score (nSPS) is 14.6. The molecule has 0 fully saturated rings. The number of nitrogens with one attached hydrogen (secondary N) is 2. The van der Waals surface area contributed by atoms with Gasteiger partial charge in [-0.3, -0.25) is 4.79 Å². The number of aromatic amines is 1. The number of anilines is 1. The molecule has 3 heteroatoms. The number of hydrogen-bond acceptors (Lipinski definition) is 2. The third kappa shape index (κ3) is 1.80. The second-order valence-corrected chi connectivity index (χ2v) is 5.34. The lowest BCUT2D eigenvalue weighted by Gasteiger charge is -2.19. The van der Waals surface area contributed by atoms with Gasteiger partial charge in [0, 0.05) is 17.8 Å². The van der Waals surface area contributed by atoms with Crippen LogP contribution in [0.1, 0.15) is 37.3 Å². The molecule has 1 aliphatic heterocycles. The van der Waals surface area contributed by atoms with Crippen molar-refractivity contribution in [3.8, 4) is 0 Å². The average Bonchev–Trinajstić information content (AvgIpc) is 2.35. The predicted molar refractivity (Wildman–Crippen MR) is 75.5 cm³/mol. The van der Waals surface area contributed by atoms with Crippen LogP contribution in [0.25, 0.3) is 10.9 Å². The lowest BCUT2D eigenvalue weighted by atomic mass is 9.98. The van der Waals surface area contributed by atoms with Crippen LogP contribution in [0.15, 0.2) is 23.0 Å². The zero-order chi connectivity index (χ0) is 12.7. The third-order valence-corrected chi connectivity index (χ3v) is 3.66. The number of rotatable bonds is 1. The van der Waals surface area contributed by atoms with E-state index >= 15 is 0 Å². The number of fused-ring (bicyclic) bond motifs is 2. The van der Waals surface area contributed by atoms with E-state index in [1.165, 1.54) is 17.7 Å². The van der Waals surface area contributed by atoms with Crippen molar-refractivity contribution in [2.45, 2.75) is 32.6 Å². The summed E-state index contributed by atoms with van der Waals surface area (Å²) in [4.78, 5) is 15.0. The predicted octanol–water partition coefficient (Wildman–Crippen LogP) is 3.01. The van der Waals surface area contributed by atoms with Crippen molar-refractivity contribution in [1.82, 2.24) is 4.98 Å². The van der Waals surface area contributed by atoms with E-state index in [0.717, 1.165) is 29.4 Å². The van der Waals surface area contributed by atoms with E-state index in [1.807, 2.05) is 6.07 Å². The molecule has 3 rings (SSSR count). The average molecular weight is 242 g/mol. The molecule has 1 aliphatic rings. The fourth-order valence-electron chi connectivity index (χ4n) is 2.62. The highest BCUT2D eigenvalue weighted by Gasteiger charge is 2.12. The van der Waals surface area contributed by atoms with Crippen LogP contribution in [0, 0.1) is 0 Å². The van der Waals surface area contributed by atoms with E-state index in [0.29, 0.717) is 0 Å². The molecule has 0 spiro atoms. The minimum Gasteiger partial charge on any atom is -0.385 e. The summed E-state index contributed by atoms with van der Waals surface area (Å²) in [6.45, 7) is 5.12. The van der Waals surface area contributed by atoms with Gasteiger partial charge in [0.15, 0.2) is 0 Å². The highest BCUT2D eigenvalue weighted by molar-refractivity contribution is 5.84. The Balaban J connectivity index is 2.25. The molecule has 2 aromatic rings. The first-order valence-corrected chi connectivity index (χ1v) is 6.59. The van der Waals surface area contributed by atoms with E-state index in [4.69, 9.17) is 0 Å². The minimum atomic E-state index is 0.0354. The summed E-state index contributed by atoms with van der Waals surface area (Å²) in [5, 5.41) is 4.53. The molecule has 0 amide bonds. The Hall–Kier alpha value is -1.77. The summed E-state index contributed by atoms with van der Waals surface area (Å²) < 4.78 is 0. The standard InChI is InChI=1S/C15H18N2O/c1-9(2)12-7-11-6-10-4-3-5-16-13(10)8-14(11)17-15(12)18/h6-9,16H,3-5H2,1-2H3,(H,17,18). The first kappa shape index (κ1) is 11.3. The molecule has 3 nitrogen and oxygen atoms in total. The second kappa shape index (κ2) is 4.16. The molecular formula is C15H18N2O. The van der Waals surface area contributed by atoms with E-state index in [2.05, 4.69) is 36.3 Å². The summed E-state index contributed by atoms with van der Waals surface area (Å²) in [6.07, 6.45) is 2.30. The summed E-state index contributed by atoms with van der Waals surface area (Å²) in [7, 11) is 0. The van der Waals surface area contributed by atoms with Gasteiger partial charge in [-0.1, -0.05) is 13.8 Å². The number of pyridine rings is 1. The second-order valence-electron chi connectivity index (χ2n) is 5.34. The molecule has 0 radical (unpaired) electrons. The molecule has 0 bridgehead atoms. The molecule has 2 N–H and O–H groups in total. The van der Waals surface area contributed by atoms with Crippen molar-refractivity contribution >= 4 is 16.6 Å². The Morgan fingerprint density at radius 2 is 2.06 bits per heavy atom. The summed E-state index contributed by atoms with van der Waals surface area (Å²) in [5.41, 5.74) is 4.36. The van der Waals surface area contributed by atoms with Gasteiger partial charge in [0.1, 0.15) is 0 Å². The van der Waals surface area contributed by atoms with Gasteiger partial charge in [-0.05, 0) is 47.9 Å². The zero-order valence-corrected chi connectivity index (χ0v) is 10.8. The van der Waals surface area contributed by atoms with Crippen molar-refractivity contribution in [3.05, 3.63) is 39.7 Å². The zero-order valence-electron chi connectivity index (χ0n) is 10.8. The van der Waals surface area contributed by atoms with Gasteiger partial charge < -0.3 is 10.3 Å². The topological polar surface area (TPSA) is 44.9 Å². The van der Waals surface area contributed by atoms with Crippen LogP contribution in [0.5, 0.6) is 0 Å².